The van der Waals surface area contributed by atoms with Crippen molar-refractivity contribution in [3.05, 3.63) is 0 Å². The van der Waals surface area contributed by atoms with Crippen molar-refractivity contribution in [3.63, 3.8) is 0 Å². The molecule has 0 bridgehead atoms. The van der Waals surface area contributed by atoms with Gasteiger partial charge in [-0.3, -0.25) is 0 Å². The fourth-order valence-electron chi connectivity index (χ4n) is 1.73. The van der Waals surface area contributed by atoms with E-state index in [1.54, 1.807) is 0 Å². The molecule has 0 aromatic heterocycles. The zero-order valence-electron chi connectivity index (χ0n) is 10.5. The average Bonchev–Trinajstić information content (AvgIpc) is 2.24. The summed E-state index contributed by atoms with van der Waals surface area (Å²) in [4.78, 5) is 0. The fourth-order valence-corrected chi connectivity index (χ4v) is 3.92. The van der Waals surface area contributed by atoms with Gasteiger partial charge in [0.05, 0.1) is 0 Å². The second kappa shape index (κ2) is 10.6. The summed E-state index contributed by atoms with van der Waals surface area (Å²) in [6.45, 7) is 8.68. The smallest absolute Gasteiger partial charge is 0.324 e. The standard InChI is InChI=1S/C11H27NO2Si/c1-4-11(9-7-8-10-12)15(13-5-2)14-6-3/h11,15H,4-10,12H2,1-3H3. The Bertz CT molecular complexity index is 130. The SMILES string of the molecule is CCO[SiH](OCC)C(CC)CCCCN. The van der Waals surface area contributed by atoms with Gasteiger partial charge >= 0.3 is 9.28 Å². The first-order valence-corrected chi connectivity index (χ1v) is 7.84. The summed E-state index contributed by atoms with van der Waals surface area (Å²) in [6, 6.07) is 0. The molecule has 0 aliphatic heterocycles. The Morgan fingerprint density at radius 1 is 1.07 bits per heavy atom. The highest BCUT2D eigenvalue weighted by molar-refractivity contribution is 6.46. The van der Waals surface area contributed by atoms with Gasteiger partial charge in [-0.2, -0.15) is 0 Å². The van der Waals surface area contributed by atoms with Crippen LogP contribution in [0.1, 0.15) is 46.5 Å². The number of hydrogen-bond acceptors (Lipinski definition) is 3. The lowest BCUT2D eigenvalue weighted by Gasteiger charge is -2.23. The molecule has 0 aliphatic carbocycles. The van der Waals surface area contributed by atoms with Crippen LogP contribution in [0.3, 0.4) is 0 Å². The van der Waals surface area contributed by atoms with E-state index in [4.69, 9.17) is 14.6 Å². The van der Waals surface area contributed by atoms with Crippen molar-refractivity contribution in [2.75, 3.05) is 19.8 Å². The van der Waals surface area contributed by atoms with Gasteiger partial charge in [0.25, 0.3) is 0 Å². The summed E-state index contributed by atoms with van der Waals surface area (Å²) in [6.07, 6.45) is 4.71. The summed E-state index contributed by atoms with van der Waals surface area (Å²) in [7, 11) is -1.43. The highest BCUT2D eigenvalue weighted by Crippen LogP contribution is 2.23. The molecular formula is C11H27NO2Si. The summed E-state index contributed by atoms with van der Waals surface area (Å²) in [5.41, 5.74) is 6.15. The van der Waals surface area contributed by atoms with E-state index in [1.165, 1.54) is 19.3 Å². The molecule has 0 aliphatic rings. The quantitative estimate of drug-likeness (QED) is 0.465. The Morgan fingerprint density at radius 2 is 1.67 bits per heavy atom. The van der Waals surface area contributed by atoms with Gasteiger partial charge in [0, 0.05) is 13.2 Å². The van der Waals surface area contributed by atoms with Gasteiger partial charge < -0.3 is 14.6 Å². The molecule has 0 amide bonds. The molecule has 0 aromatic carbocycles. The van der Waals surface area contributed by atoms with E-state index in [0.29, 0.717) is 5.54 Å². The van der Waals surface area contributed by atoms with Gasteiger partial charge in [-0.15, -0.1) is 0 Å². The Hall–Kier alpha value is 0.0969. The molecule has 0 aromatic rings. The minimum atomic E-state index is -1.43. The predicted octanol–water partition coefficient (Wildman–Crippen LogP) is 2.19. The molecular weight excluding hydrogens is 206 g/mol. The zero-order chi connectivity index (χ0) is 11.5. The highest BCUT2D eigenvalue weighted by Gasteiger charge is 2.23. The first kappa shape index (κ1) is 15.1. The molecule has 3 nitrogen and oxygen atoms in total. The van der Waals surface area contributed by atoms with Crippen molar-refractivity contribution in [3.8, 4) is 0 Å². The van der Waals surface area contributed by atoms with Crippen LogP contribution in [-0.2, 0) is 8.85 Å². The van der Waals surface area contributed by atoms with Crippen molar-refractivity contribution in [2.24, 2.45) is 5.73 Å². The molecule has 0 fully saturated rings. The third kappa shape index (κ3) is 7.06. The van der Waals surface area contributed by atoms with Gasteiger partial charge in [0.2, 0.25) is 0 Å². The van der Waals surface area contributed by atoms with Crippen molar-refractivity contribution < 1.29 is 8.85 Å². The molecule has 2 N–H and O–H groups in total. The molecule has 15 heavy (non-hydrogen) atoms. The first-order chi connectivity index (χ1) is 7.29. The summed E-state index contributed by atoms with van der Waals surface area (Å²) in [5.74, 6) is 0. The van der Waals surface area contributed by atoms with Crippen molar-refractivity contribution in [2.45, 2.75) is 52.0 Å². The van der Waals surface area contributed by atoms with Gasteiger partial charge in [0.15, 0.2) is 0 Å². The monoisotopic (exact) mass is 233 g/mol. The number of nitrogens with two attached hydrogens (primary N) is 1. The van der Waals surface area contributed by atoms with E-state index in [1.807, 2.05) is 13.8 Å². The lowest BCUT2D eigenvalue weighted by Crippen LogP contribution is -2.29. The maximum atomic E-state index is 5.75. The van der Waals surface area contributed by atoms with E-state index in [9.17, 15) is 0 Å². The number of hydrogen-bond donors (Lipinski definition) is 1. The Balaban J connectivity index is 3.93. The van der Waals surface area contributed by atoms with Crippen LogP contribution in [0.2, 0.25) is 5.54 Å². The molecule has 0 saturated heterocycles. The molecule has 0 spiro atoms. The van der Waals surface area contributed by atoms with E-state index in [0.717, 1.165) is 26.2 Å². The van der Waals surface area contributed by atoms with Crippen molar-refractivity contribution >= 4 is 9.28 Å². The van der Waals surface area contributed by atoms with E-state index in [-0.39, 0.29) is 0 Å². The highest BCUT2D eigenvalue weighted by atomic mass is 28.3. The van der Waals surface area contributed by atoms with Crippen LogP contribution >= 0.6 is 0 Å². The van der Waals surface area contributed by atoms with Gasteiger partial charge in [-0.25, -0.2) is 0 Å². The van der Waals surface area contributed by atoms with Crippen molar-refractivity contribution in [1.82, 2.24) is 0 Å². The molecule has 0 radical (unpaired) electrons. The topological polar surface area (TPSA) is 44.5 Å². The Kier molecular flexibility index (Phi) is 10.7. The number of rotatable bonds is 10. The second-order valence-electron chi connectivity index (χ2n) is 3.73. The van der Waals surface area contributed by atoms with Crippen LogP contribution in [0.25, 0.3) is 0 Å². The van der Waals surface area contributed by atoms with Gasteiger partial charge in [-0.05, 0) is 38.8 Å². The largest absolute Gasteiger partial charge is 0.397 e. The Labute approximate surface area is 96.2 Å². The van der Waals surface area contributed by atoms with Crippen LogP contribution < -0.4 is 5.73 Å². The minimum Gasteiger partial charge on any atom is -0.397 e. The molecule has 0 rings (SSSR count). The molecule has 0 saturated carbocycles. The second-order valence-corrected chi connectivity index (χ2v) is 6.08. The molecule has 0 heterocycles. The van der Waals surface area contributed by atoms with E-state index >= 15 is 0 Å². The van der Waals surface area contributed by atoms with E-state index < -0.39 is 9.28 Å². The molecule has 4 heteroatoms. The summed E-state index contributed by atoms with van der Waals surface area (Å²) in [5, 5.41) is 0. The minimum absolute atomic E-state index is 0.649. The third-order valence-corrected chi connectivity index (χ3v) is 5.50. The van der Waals surface area contributed by atoms with Gasteiger partial charge in [0.1, 0.15) is 0 Å². The summed E-state index contributed by atoms with van der Waals surface area (Å²) < 4.78 is 11.5. The first-order valence-electron chi connectivity index (χ1n) is 6.23. The normalized spacial score (nSPS) is 13.4. The van der Waals surface area contributed by atoms with Crippen LogP contribution in [-0.4, -0.2) is 29.0 Å². The molecule has 1 atom stereocenters. The zero-order valence-corrected chi connectivity index (χ0v) is 11.7. The van der Waals surface area contributed by atoms with Crippen molar-refractivity contribution in [1.29, 1.82) is 0 Å². The Morgan fingerprint density at radius 3 is 2.07 bits per heavy atom. The van der Waals surface area contributed by atoms with E-state index in [2.05, 4.69) is 6.92 Å². The predicted molar refractivity (Wildman–Crippen MR) is 67.3 cm³/mol. The lowest BCUT2D eigenvalue weighted by atomic mass is 10.1. The fraction of sp³-hybridized carbons (Fsp3) is 1.00. The van der Waals surface area contributed by atoms with Crippen LogP contribution in [0.15, 0.2) is 0 Å². The average molecular weight is 233 g/mol. The maximum absolute atomic E-state index is 5.75. The molecule has 1 unspecified atom stereocenters. The third-order valence-electron chi connectivity index (χ3n) is 2.60. The van der Waals surface area contributed by atoms with Crippen LogP contribution in [0, 0.1) is 0 Å². The maximum Gasteiger partial charge on any atom is 0.324 e. The van der Waals surface area contributed by atoms with Crippen LogP contribution in [0.5, 0.6) is 0 Å². The van der Waals surface area contributed by atoms with Gasteiger partial charge in [-0.1, -0.05) is 19.8 Å². The molecule has 92 valence electrons. The summed E-state index contributed by atoms with van der Waals surface area (Å²) >= 11 is 0. The van der Waals surface area contributed by atoms with Crippen LogP contribution in [0.4, 0.5) is 0 Å². The number of unbranched alkanes of at least 4 members (excludes halogenated alkanes) is 1. The lowest BCUT2D eigenvalue weighted by molar-refractivity contribution is 0.200.